The van der Waals surface area contributed by atoms with Gasteiger partial charge in [-0.15, -0.1) is 0 Å². The lowest BCUT2D eigenvalue weighted by atomic mass is 9.82. The summed E-state index contributed by atoms with van der Waals surface area (Å²) in [5.74, 6) is 1.92. The number of aromatic nitrogens is 4. The van der Waals surface area contributed by atoms with Gasteiger partial charge >= 0.3 is 0 Å². The predicted octanol–water partition coefficient (Wildman–Crippen LogP) is 5.23. The summed E-state index contributed by atoms with van der Waals surface area (Å²) in [4.78, 5) is 9.02. The lowest BCUT2D eigenvalue weighted by Crippen LogP contribution is -2.15. The molecule has 3 heterocycles. The molecule has 0 radical (unpaired) electrons. The van der Waals surface area contributed by atoms with Gasteiger partial charge in [0.25, 0.3) is 0 Å². The van der Waals surface area contributed by atoms with Crippen molar-refractivity contribution >= 4 is 28.0 Å². The minimum Gasteiger partial charge on any atom is -0.496 e. The van der Waals surface area contributed by atoms with Crippen LogP contribution in [0.1, 0.15) is 22.6 Å². The van der Waals surface area contributed by atoms with E-state index in [1.54, 1.807) is 18.0 Å². The van der Waals surface area contributed by atoms with Crippen LogP contribution in [0.3, 0.4) is 0 Å². The van der Waals surface area contributed by atoms with Gasteiger partial charge in [0.2, 0.25) is 5.88 Å². The molecule has 0 saturated carbocycles. The fraction of sp³-hybridized carbons (Fsp3) is 0.0870. The highest BCUT2D eigenvalue weighted by Gasteiger charge is 2.34. The molecule has 0 amide bonds. The molecule has 1 atom stereocenters. The smallest absolute Gasteiger partial charge is 0.228 e. The average Bonchev–Trinajstić information content (AvgIpc) is 3.27. The van der Waals surface area contributed by atoms with Crippen LogP contribution >= 0.6 is 11.6 Å². The van der Waals surface area contributed by atoms with Crippen LogP contribution in [0.5, 0.6) is 17.4 Å². The van der Waals surface area contributed by atoms with Crippen LogP contribution in [0.15, 0.2) is 67.3 Å². The third-order valence-corrected chi connectivity index (χ3v) is 5.79. The van der Waals surface area contributed by atoms with E-state index in [9.17, 15) is 0 Å². The zero-order valence-electron chi connectivity index (χ0n) is 15.9. The molecule has 0 spiro atoms. The Morgan fingerprint density at radius 2 is 1.83 bits per heavy atom. The molecule has 7 heteroatoms. The second-order valence-corrected chi connectivity index (χ2v) is 7.56. The Labute approximate surface area is 176 Å². The van der Waals surface area contributed by atoms with Crippen LogP contribution in [0.25, 0.3) is 16.4 Å². The van der Waals surface area contributed by atoms with Crippen molar-refractivity contribution in [1.29, 1.82) is 0 Å². The average molecular weight is 415 g/mol. The second kappa shape index (κ2) is 6.43. The number of ether oxygens (including phenoxy) is 2. The van der Waals surface area contributed by atoms with E-state index in [2.05, 4.69) is 15.1 Å². The fourth-order valence-corrected chi connectivity index (χ4v) is 4.35. The first kappa shape index (κ1) is 17.2. The van der Waals surface area contributed by atoms with Crippen LogP contribution in [0.2, 0.25) is 5.02 Å². The van der Waals surface area contributed by atoms with Gasteiger partial charge in [0.15, 0.2) is 5.65 Å². The van der Waals surface area contributed by atoms with Gasteiger partial charge in [0.05, 0.1) is 12.7 Å². The minimum atomic E-state index is -0.167. The van der Waals surface area contributed by atoms with Gasteiger partial charge in [-0.1, -0.05) is 48.0 Å². The molecular formula is C23H15ClN4O2. The molecule has 6 rings (SSSR count). The lowest BCUT2D eigenvalue weighted by Gasteiger charge is -2.29. The van der Waals surface area contributed by atoms with E-state index < -0.39 is 0 Å². The molecule has 146 valence electrons. The first-order chi connectivity index (χ1) is 14.7. The summed E-state index contributed by atoms with van der Waals surface area (Å²) in [6.45, 7) is 0. The Morgan fingerprint density at radius 1 is 1.03 bits per heavy atom. The number of hydrogen-bond donors (Lipinski definition) is 0. The number of methoxy groups -OCH3 is 1. The topological polar surface area (TPSA) is 61.5 Å². The summed E-state index contributed by atoms with van der Waals surface area (Å²) in [6, 6.07) is 17.9. The largest absolute Gasteiger partial charge is 0.496 e. The van der Waals surface area contributed by atoms with Crippen LogP contribution in [-0.4, -0.2) is 26.7 Å². The van der Waals surface area contributed by atoms with Crippen LogP contribution in [0.4, 0.5) is 0 Å². The molecule has 0 saturated heterocycles. The van der Waals surface area contributed by atoms with Crippen LogP contribution in [0, 0.1) is 0 Å². The summed E-state index contributed by atoms with van der Waals surface area (Å²) >= 11 is 6.17. The molecule has 0 aliphatic carbocycles. The highest BCUT2D eigenvalue weighted by molar-refractivity contribution is 6.30. The van der Waals surface area contributed by atoms with Gasteiger partial charge in [0.1, 0.15) is 24.2 Å². The van der Waals surface area contributed by atoms with E-state index in [-0.39, 0.29) is 5.92 Å². The third kappa shape index (κ3) is 2.40. The van der Waals surface area contributed by atoms with Gasteiger partial charge in [-0.2, -0.15) is 5.10 Å². The molecule has 0 bridgehead atoms. The van der Waals surface area contributed by atoms with Gasteiger partial charge in [-0.3, -0.25) is 0 Å². The number of rotatable bonds is 2. The molecule has 1 aliphatic rings. The maximum atomic E-state index is 6.37. The Balaban J connectivity index is 1.73. The van der Waals surface area contributed by atoms with Gasteiger partial charge < -0.3 is 9.47 Å². The van der Waals surface area contributed by atoms with Crippen LogP contribution in [-0.2, 0) is 0 Å². The van der Waals surface area contributed by atoms with Gasteiger partial charge in [-0.25, -0.2) is 14.5 Å². The zero-order valence-corrected chi connectivity index (χ0v) is 16.7. The van der Waals surface area contributed by atoms with E-state index in [1.165, 1.54) is 6.33 Å². The highest BCUT2D eigenvalue weighted by atomic mass is 35.5. The maximum Gasteiger partial charge on any atom is 0.228 e. The number of benzene rings is 3. The van der Waals surface area contributed by atoms with Crippen molar-refractivity contribution in [3.63, 3.8) is 0 Å². The van der Waals surface area contributed by atoms with Crippen molar-refractivity contribution in [2.45, 2.75) is 5.92 Å². The molecule has 0 N–H and O–H groups in total. The van der Waals surface area contributed by atoms with Crippen LogP contribution < -0.4 is 9.47 Å². The molecule has 1 aliphatic heterocycles. The van der Waals surface area contributed by atoms with E-state index in [0.29, 0.717) is 16.5 Å². The van der Waals surface area contributed by atoms with Crippen molar-refractivity contribution in [2.75, 3.05) is 7.11 Å². The SMILES string of the molecule is COc1cc2c(c3ccccc13)Oc1ncn3ncnc3c1C2c1ccc(Cl)cc1. The second-order valence-electron chi connectivity index (χ2n) is 7.12. The molecule has 0 fully saturated rings. The van der Waals surface area contributed by atoms with E-state index in [1.807, 2.05) is 54.6 Å². The Bertz CT molecular complexity index is 1430. The molecule has 1 unspecified atom stereocenters. The number of halogens is 1. The van der Waals surface area contributed by atoms with Crippen molar-refractivity contribution in [1.82, 2.24) is 19.6 Å². The Kier molecular flexibility index (Phi) is 3.70. The molecule has 6 nitrogen and oxygen atoms in total. The monoisotopic (exact) mass is 414 g/mol. The van der Waals surface area contributed by atoms with Crippen molar-refractivity contribution in [2.24, 2.45) is 0 Å². The summed E-state index contributed by atoms with van der Waals surface area (Å²) < 4.78 is 13.8. The summed E-state index contributed by atoms with van der Waals surface area (Å²) in [6.07, 6.45) is 3.14. The summed E-state index contributed by atoms with van der Waals surface area (Å²) in [7, 11) is 1.68. The van der Waals surface area contributed by atoms with E-state index in [4.69, 9.17) is 21.1 Å². The van der Waals surface area contributed by atoms with Crippen molar-refractivity contribution < 1.29 is 9.47 Å². The zero-order chi connectivity index (χ0) is 20.2. The van der Waals surface area contributed by atoms with E-state index >= 15 is 0 Å². The molecular weight excluding hydrogens is 400 g/mol. The summed E-state index contributed by atoms with van der Waals surface area (Å²) in [5, 5.41) is 6.89. The molecule has 2 aromatic heterocycles. The predicted molar refractivity (Wildman–Crippen MR) is 114 cm³/mol. The maximum absolute atomic E-state index is 6.37. The highest BCUT2D eigenvalue weighted by Crippen LogP contribution is 2.52. The molecule has 3 aromatic carbocycles. The van der Waals surface area contributed by atoms with Gasteiger partial charge in [-0.05, 0) is 23.8 Å². The third-order valence-electron chi connectivity index (χ3n) is 5.54. The summed E-state index contributed by atoms with van der Waals surface area (Å²) in [5.41, 5.74) is 3.61. The quantitative estimate of drug-likeness (QED) is 0.388. The molecule has 5 aromatic rings. The number of fused-ring (bicyclic) bond motifs is 6. The fourth-order valence-electron chi connectivity index (χ4n) is 4.22. The normalized spacial score (nSPS) is 14.9. The first-order valence-corrected chi connectivity index (χ1v) is 9.83. The molecule has 30 heavy (non-hydrogen) atoms. The number of nitrogens with zero attached hydrogens (tertiary/aromatic N) is 4. The minimum absolute atomic E-state index is 0.167. The Morgan fingerprint density at radius 3 is 2.63 bits per heavy atom. The van der Waals surface area contributed by atoms with Crippen molar-refractivity contribution in [3.8, 4) is 17.4 Å². The van der Waals surface area contributed by atoms with E-state index in [0.717, 1.165) is 39.0 Å². The van der Waals surface area contributed by atoms with Crippen molar-refractivity contribution in [3.05, 3.63) is 89.0 Å². The standard InChI is InChI=1S/C23H15ClN4O2/c1-29-18-10-17-19(13-6-8-14(24)9-7-13)20-22-25-11-27-28(22)12-26-23(20)30-21(17)16-5-3-2-4-15(16)18/h2-12,19H,1H3. The Hall–Kier alpha value is -3.64. The number of hydrogen-bond acceptors (Lipinski definition) is 5. The van der Waals surface area contributed by atoms with Gasteiger partial charge in [0, 0.05) is 27.3 Å². The first-order valence-electron chi connectivity index (χ1n) is 9.46. The lowest BCUT2D eigenvalue weighted by molar-refractivity contribution is 0.412.